The Balaban J connectivity index is 1.84. The molecule has 1 N–H and O–H groups in total. The molecule has 0 unspecified atom stereocenters. The summed E-state index contributed by atoms with van der Waals surface area (Å²) in [5.41, 5.74) is 0.270. The van der Waals surface area contributed by atoms with E-state index in [0.717, 1.165) is 19.4 Å². The van der Waals surface area contributed by atoms with Crippen LogP contribution in [0.5, 0.6) is 0 Å². The third kappa shape index (κ3) is 1.30. The third-order valence-electron chi connectivity index (χ3n) is 3.24. The van der Waals surface area contributed by atoms with E-state index < -0.39 is 0 Å². The van der Waals surface area contributed by atoms with Crippen LogP contribution in [0.25, 0.3) is 0 Å². The van der Waals surface area contributed by atoms with Crippen molar-refractivity contribution < 1.29 is 9.84 Å². The summed E-state index contributed by atoms with van der Waals surface area (Å²) in [5.74, 6) is 0.560. The van der Waals surface area contributed by atoms with Gasteiger partial charge >= 0.3 is 0 Å². The Morgan fingerprint density at radius 3 is 2.27 bits per heavy atom. The highest BCUT2D eigenvalue weighted by molar-refractivity contribution is 4.91. The van der Waals surface area contributed by atoms with Crippen molar-refractivity contribution >= 4 is 0 Å². The van der Waals surface area contributed by atoms with Gasteiger partial charge in [-0.2, -0.15) is 0 Å². The highest BCUT2D eigenvalue weighted by atomic mass is 16.5. The quantitative estimate of drug-likeness (QED) is 0.620. The summed E-state index contributed by atoms with van der Waals surface area (Å²) < 4.78 is 5.57. The van der Waals surface area contributed by atoms with Crippen LogP contribution in [0.4, 0.5) is 0 Å². The molecule has 2 heteroatoms. The predicted octanol–water partition coefficient (Wildman–Crippen LogP) is 1.33. The highest BCUT2D eigenvalue weighted by Gasteiger charge is 2.41. The molecule has 2 nitrogen and oxygen atoms in total. The van der Waals surface area contributed by atoms with Crippen LogP contribution in [0.15, 0.2) is 0 Å². The first-order valence-corrected chi connectivity index (χ1v) is 4.59. The van der Waals surface area contributed by atoms with E-state index in [0.29, 0.717) is 12.5 Å². The topological polar surface area (TPSA) is 29.5 Å². The summed E-state index contributed by atoms with van der Waals surface area (Å²) in [4.78, 5) is 0. The second-order valence-corrected chi connectivity index (χ2v) is 3.91. The fourth-order valence-electron chi connectivity index (χ4n) is 2.17. The Kier molecular flexibility index (Phi) is 1.90. The second-order valence-electron chi connectivity index (χ2n) is 3.91. The molecule has 2 fully saturated rings. The van der Waals surface area contributed by atoms with Crippen LogP contribution in [-0.4, -0.2) is 23.9 Å². The standard InChI is InChI=1S/C9H16O2/c10-7-8-1-3-9(4-2-8)5-6-11-9/h8,10H,1-7H2. The molecule has 0 atom stereocenters. The average Bonchev–Trinajstić information content (AvgIpc) is 2.02. The van der Waals surface area contributed by atoms with Gasteiger partial charge in [-0.1, -0.05) is 0 Å². The molecule has 0 amide bonds. The van der Waals surface area contributed by atoms with Crippen molar-refractivity contribution in [3.05, 3.63) is 0 Å². The molecular formula is C9H16O2. The Labute approximate surface area is 67.6 Å². The van der Waals surface area contributed by atoms with Crippen LogP contribution >= 0.6 is 0 Å². The van der Waals surface area contributed by atoms with E-state index in [-0.39, 0.29) is 5.60 Å². The first-order valence-electron chi connectivity index (χ1n) is 4.59. The molecule has 1 saturated carbocycles. The van der Waals surface area contributed by atoms with Gasteiger partial charge in [-0.25, -0.2) is 0 Å². The van der Waals surface area contributed by atoms with Gasteiger partial charge in [0.15, 0.2) is 0 Å². The number of aliphatic hydroxyl groups excluding tert-OH is 1. The van der Waals surface area contributed by atoms with Crippen molar-refractivity contribution in [3.8, 4) is 0 Å². The fourth-order valence-corrected chi connectivity index (χ4v) is 2.17. The van der Waals surface area contributed by atoms with Crippen LogP contribution in [0.2, 0.25) is 0 Å². The van der Waals surface area contributed by atoms with Gasteiger partial charge < -0.3 is 9.84 Å². The van der Waals surface area contributed by atoms with Crippen LogP contribution in [0, 0.1) is 5.92 Å². The molecule has 1 aliphatic carbocycles. The van der Waals surface area contributed by atoms with Crippen LogP contribution in [-0.2, 0) is 4.74 Å². The van der Waals surface area contributed by atoms with E-state index in [4.69, 9.17) is 9.84 Å². The molecule has 0 bridgehead atoms. The first-order chi connectivity index (χ1) is 5.35. The lowest BCUT2D eigenvalue weighted by molar-refractivity contribution is -0.171. The zero-order valence-electron chi connectivity index (χ0n) is 6.88. The minimum atomic E-state index is 0.270. The van der Waals surface area contributed by atoms with Gasteiger partial charge in [0.1, 0.15) is 0 Å². The molecule has 0 aromatic rings. The Morgan fingerprint density at radius 1 is 1.27 bits per heavy atom. The van der Waals surface area contributed by atoms with Gasteiger partial charge in [0.25, 0.3) is 0 Å². The Bertz CT molecular complexity index is 130. The van der Waals surface area contributed by atoms with Crippen LogP contribution in [0.1, 0.15) is 32.1 Å². The molecule has 1 heterocycles. The van der Waals surface area contributed by atoms with Crippen molar-refractivity contribution in [2.75, 3.05) is 13.2 Å². The monoisotopic (exact) mass is 156 g/mol. The van der Waals surface area contributed by atoms with Crippen molar-refractivity contribution in [1.29, 1.82) is 0 Å². The number of hydrogen-bond acceptors (Lipinski definition) is 2. The van der Waals surface area contributed by atoms with E-state index >= 15 is 0 Å². The summed E-state index contributed by atoms with van der Waals surface area (Å²) >= 11 is 0. The number of hydrogen-bond donors (Lipinski definition) is 1. The maximum atomic E-state index is 8.91. The first kappa shape index (κ1) is 7.56. The Hall–Kier alpha value is -0.0800. The summed E-state index contributed by atoms with van der Waals surface area (Å²) in [6.45, 7) is 1.33. The van der Waals surface area contributed by atoms with Crippen molar-refractivity contribution in [1.82, 2.24) is 0 Å². The van der Waals surface area contributed by atoms with Crippen molar-refractivity contribution in [2.45, 2.75) is 37.7 Å². The molecule has 2 aliphatic rings. The average molecular weight is 156 g/mol. The molecule has 1 spiro atoms. The molecule has 1 aliphatic heterocycles. The predicted molar refractivity (Wildman–Crippen MR) is 42.3 cm³/mol. The maximum Gasteiger partial charge on any atom is 0.0704 e. The van der Waals surface area contributed by atoms with E-state index in [1.807, 2.05) is 0 Å². The Morgan fingerprint density at radius 2 is 1.91 bits per heavy atom. The normalized spacial score (nSPS) is 43.9. The molecule has 1 saturated heterocycles. The van der Waals surface area contributed by atoms with Crippen molar-refractivity contribution in [3.63, 3.8) is 0 Å². The van der Waals surface area contributed by atoms with Crippen LogP contribution < -0.4 is 0 Å². The zero-order chi connectivity index (χ0) is 7.73. The smallest absolute Gasteiger partial charge is 0.0704 e. The third-order valence-corrected chi connectivity index (χ3v) is 3.24. The highest BCUT2D eigenvalue weighted by Crippen LogP contribution is 2.42. The number of ether oxygens (including phenoxy) is 1. The molecule has 64 valence electrons. The second kappa shape index (κ2) is 2.76. The van der Waals surface area contributed by atoms with Crippen molar-refractivity contribution in [2.24, 2.45) is 5.92 Å². The van der Waals surface area contributed by atoms with E-state index in [1.54, 1.807) is 0 Å². The minimum Gasteiger partial charge on any atom is -0.396 e. The van der Waals surface area contributed by atoms with Gasteiger partial charge in [-0.3, -0.25) is 0 Å². The summed E-state index contributed by atoms with van der Waals surface area (Å²) in [5, 5.41) is 8.91. The molecule has 0 radical (unpaired) electrons. The van der Waals surface area contributed by atoms with Gasteiger partial charge in [-0.15, -0.1) is 0 Å². The molecule has 0 aromatic heterocycles. The molecular weight excluding hydrogens is 140 g/mol. The minimum absolute atomic E-state index is 0.270. The van der Waals surface area contributed by atoms with E-state index in [1.165, 1.54) is 19.3 Å². The van der Waals surface area contributed by atoms with E-state index in [9.17, 15) is 0 Å². The summed E-state index contributed by atoms with van der Waals surface area (Å²) in [7, 11) is 0. The molecule has 11 heavy (non-hydrogen) atoms. The zero-order valence-corrected chi connectivity index (χ0v) is 6.88. The lowest BCUT2D eigenvalue weighted by Gasteiger charge is -2.46. The van der Waals surface area contributed by atoms with Gasteiger partial charge in [0.2, 0.25) is 0 Å². The SMILES string of the molecule is OCC1CCC2(CCO2)CC1. The fraction of sp³-hybridized carbons (Fsp3) is 1.00. The van der Waals surface area contributed by atoms with Crippen LogP contribution in [0.3, 0.4) is 0 Å². The number of aliphatic hydroxyl groups is 1. The lowest BCUT2D eigenvalue weighted by Crippen LogP contribution is -2.46. The molecule has 2 rings (SSSR count). The maximum absolute atomic E-state index is 8.91. The van der Waals surface area contributed by atoms with Gasteiger partial charge in [-0.05, 0) is 38.0 Å². The van der Waals surface area contributed by atoms with Gasteiger partial charge in [0, 0.05) is 6.61 Å². The molecule has 0 aromatic carbocycles. The number of rotatable bonds is 1. The van der Waals surface area contributed by atoms with E-state index in [2.05, 4.69) is 0 Å². The summed E-state index contributed by atoms with van der Waals surface area (Å²) in [6, 6.07) is 0. The summed E-state index contributed by atoms with van der Waals surface area (Å²) in [6.07, 6.45) is 5.94. The largest absolute Gasteiger partial charge is 0.396 e. The lowest BCUT2D eigenvalue weighted by atomic mass is 9.75. The van der Waals surface area contributed by atoms with Gasteiger partial charge in [0.05, 0.1) is 12.2 Å².